The summed E-state index contributed by atoms with van der Waals surface area (Å²) in [7, 11) is 3.98. The highest BCUT2D eigenvalue weighted by Crippen LogP contribution is 2.33. The Morgan fingerprint density at radius 3 is 2.32 bits per heavy atom. The molecule has 0 saturated heterocycles. The second kappa shape index (κ2) is 13.0. The Labute approximate surface area is 242 Å². The number of aryl methyl sites for hydroxylation is 2. The van der Waals surface area contributed by atoms with Crippen LogP contribution in [-0.2, 0) is 26.4 Å². The lowest BCUT2D eigenvalue weighted by Gasteiger charge is -2.17. The third-order valence-electron chi connectivity index (χ3n) is 6.67. The van der Waals surface area contributed by atoms with Crippen LogP contribution in [-0.4, -0.2) is 20.7 Å². The average molecular weight is 576 g/mol. The van der Waals surface area contributed by atoms with Gasteiger partial charge in [0.05, 0.1) is 11.4 Å². The Bertz CT molecular complexity index is 1590. The second-order valence-electron chi connectivity index (χ2n) is 9.42. The number of nitrogens with zero attached hydrogens (tertiary/aromatic N) is 3. The van der Waals surface area contributed by atoms with E-state index in [1.165, 1.54) is 36.2 Å². The van der Waals surface area contributed by atoms with E-state index in [-0.39, 0.29) is 0 Å². The Balaban J connectivity index is 1.51. The van der Waals surface area contributed by atoms with Crippen molar-refractivity contribution in [2.45, 2.75) is 45.6 Å². The lowest BCUT2D eigenvalue weighted by molar-refractivity contribution is 0.546. The van der Waals surface area contributed by atoms with E-state index in [0.717, 1.165) is 42.6 Å². The lowest BCUT2D eigenvalue weighted by Crippen LogP contribution is -2.12. The minimum absolute atomic E-state index is 0.466. The van der Waals surface area contributed by atoms with Crippen molar-refractivity contribution in [3.63, 3.8) is 0 Å². The number of rotatable bonds is 9. The molecule has 38 heavy (non-hydrogen) atoms. The van der Waals surface area contributed by atoms with Crippen molar-refractivity contribution in [3.8, 4) is 22.5 Å². The molecular weight excluding hydrogens is 543 g/mol. The third kappa shape index (κ3) is 6.18. The number of benzene rings is 2. The summed E-state index contributed by atoms with van der Waals surface area (Å²) in [6, 6.07) is 21.5. The first-order chi connectivity index (χ1) is 18.7. The predicted molar refractivity (Wildman–Crippen MR) is 172 cm³/mol. The Morgan fingerprint density at radius 2 is 1.66 bits per heavy atom. The van der Waals surface area contributed by atoms with Crippen LogP contribution in [0.2, 0.25) is 0 Å². The number of hydrogen-bond donors (Lipinski definition) is 0. The van der Waals surface area contributed by atoms with Crippen molar-refractivity contribution in [2.24, 2.45) is 18.0 Å². The summed E-state index contributed by atoms with van der Waals surface area (Å²) >= 11 is 9.36. The maximum atomic E-state index is 5.65. The van der Waals surface area contributed by atoms with Crippen LogP contribution in [0.1, 0.15) is 35.9 Å². The van der Waals surface area contributed by atoms with Gasteiger partial charge >= 0.3 is 0 Å². The molecule has 7 heteroatoms. The number of aromatic nitrogens is 2. The van der Waals surface area contributed by atoms with E-state index in [9.17, 15) is 0 Å². The number of hydrogen-bond acceptors (Lipinski definition) is 4. The molecule has 1 atom stereocenters. The molecule has 2 aromatic heterocycles. The molecule has 0 fully saturated rings. The van der Waals surface area contributed by atoms with Gasteiger partial charge in [-0.15, -0.1) is 33.6 Å². The van der Waals surface area contributed by atoms with E-state index in [0.29, 0.717) is 5.92 Å². The zero-order valence-corrected chi connectivity index (χ0v) is 25.1. The van der Waals surface area contributed by atoms with Crippen molar-refractivity contribution in [1.82, 2.24) is 9.13 Å². The van der Waals surface area contributed by atoms with E-state index in [2.05, 4.69) is 100 Å². The summed E-state index contributed by atoms with van der Waals surface area (Å²) in [4.78, 5) is 7.15. The topological polar surface area (TPSA) is 22.2 Å². The van der Waals surface area contributed by atoms with Crippen LogP contribution in [0.5, 0.6) is 0 Å². The van der Waals surface area contributed by atoms with Gasteiger partial charge in [-0.25, -0.2) is 0 Å². The lowest BCUT2D eigenvalue weighted by atomic mass is 10.0. The standard InChI is InChI=1S/C31H33N3S4/c1-3-11-26-29(25-14-8-5-9-15-25)34(22-23-17-19-32-20-18-23)31(38-26)36-21-10-16-27-28(33(2)30(35)37-27)24-12-6-4-7-13-24/h4-9,12-15,17,19-21,23H,3,10-11,16,18,22H2,1-2H3. The molecule has 196 valence electrons. The van der Waals surface area contributed by atoms with Gasteiger partial charge in [-0.1, -0.05) is 80.1 Å². The van der Waals surface area contributed by atoms with Gasteiger partial charge in [0.25, 0.3) is 0 Å². The zero-order valence-electron chi connectivity index (χ0n) is 21.9. The number of aliphatic imine (C=N–C) groups is 1. The predicted octanol–water partition coefficient (Wildman–Crippen LogP) is 9.27. The summed E-state index contributed by atoms with van der Waals surface area (Å²) in [5.74, 6) is 0.466. The highest BCUT2D eigenvalue weighted by Gasteiger charge is 2.17. The van der Waals surface area contributed by atoms with Gasteiger partial charge in [-0.3, -0.25) is 4.99 Å². The first kappa shape index (κ1) is 27.0. The van der Waals surface area contributed by atoms with Gasteiger partial charge in [-0.2, -0.15) is 0 Å². The molecule has 0 aliphatic carbocycles. The minimum Gasteiger partial charge on any atom is -0.326 e. The highest BCUT2D eigenvalue weighted by atomic mass is 32.2. The summed E-state index contributed by atoms with van der Waals surface area (Å²) in [5, 5.41) is 2.39. The van der Waals surface area contributed by atoms with Gasteiger partial charge in [0.1, 0.15) is 0 Å². The molecule has 5 rings (SSSR count). The fourth-order valence-electron chi connectivity index (χ4n) is 4.83. The quantitative estimate of drug-likeness (QED) is 0.182. The first-order valence-electron chi connectivity index (χ1n) is 13.2. The molecule has 0 saturated carbocycles. The van der Waals surface area contributed by atoms with Gasteiger partial charge in [0, 0.05) is 41.7 Å². The molecule has 1 aliphatic rings. The molecule has 0 amide bonds. The van der Waals surface area contributed by atoms with Crippen LogP contribution in [0.3, 0.4) is 0 Å². The van der Waals surface area contributed by atoms with Gasteiger partial charge in [0.15, 0.2) is 7.91 Å². The minimum atomic E-state index is 0.466. The Morgan fingerprint density at radius 1 is 0.974 bits per heavy atom. The van der Waals surface area contributed by atoms with Crippen LogP contribution in [0.4, 0.5) is 0 Å². The van der Waals surface area contributed by atoms with E-state index in [4.69, 9.17) is 12.2 Å². The second-order valence-corrected chi connectivity index (χ2v) is 13.4. The molecule has 1 aliphatic heterocycles. The molecule has 1 unspecified atom stereocenters. The first-order valence-corrected chi connectivity index (χ1v) is 16.1. The van der Waals surface area contributed by atoms with E-state index >= 15 is 0 Å². The van der Waals surface area contributed by atoms with Crippen molar-refractivity contribution < 1.29 is 0 Å². The maximum absolute atomic E-state index is 5.65. The normalized spacial score (nSPS) is 14.6. The van der Waals surface area contributed by atoms with Crippen LogP contribution in [0.25, 0.3) is 22.5 Å². The summed E-state index contributed by atoms with van der Waals surface area (Å²) in [6.45, 7) is 3.25. The molecule has 0 N–H and O–H groups in total. The molecule has 4 aromatic rings. The van der Waals surface area contributed by atoms with Crippen LogP contribution in [0, 0.1) is 13.8 Å². The molecular formula is C31H33N3S4. The smallest absolute Gasteiger partial charge is 0.161 e. The van der Waals surface area contributed by atoms with E-state index in [1.807, 2.05) is 34.7 Å². The maximum Gasteiger partial charge on any atom is 0.161 e. The molecule has 0 spiro atoms. The van der Waals surface area contributed by atoms with Crippen LogP contribution in [0.15, 0.2) is 77.9 Å². The number of thiazole rings is 2. The van der Waals surface area contributed by atoms with E-state index in [1.54, 1.807) is 11.3 Å². The molecule has 3 heterocycles. The summed E-state index contributed by atoms with van der Waals surface area (Å²) in [6.07, 6.45) is 11.5. The third-order valence-corrected chi connectivity index (χ3v) is 10.7. The van der Waals surface area contributed by atoms with Crippen LogP contribution < -0.4 is 0 Å². The average Bonchev–Trinajstić information content (AvgIpc) is 3.43. The molecule has 0 bridgehead atoms. The number of allylic oxidation sites excluding steroid dienone is 1. The van der Waals surface area contributed by atoms with Gasteiger partial charge in [-0.05, 0) is 54.4 Å². The van der Waals surface area contributed by atoms with E-state index < -0.39 is 0 Å². The zero-order chi connectivity index (χ0) is 26.3. The molecule has 3 nitrogen and oxygen atoms in total. The molecule has 2 aromatic carbocycles. The Hall–Kier alpha value is -2.58. The summed E-state index contributed by atoms with van der Waals surface area (Å²) in [5.41, 5.74) is 5.19. The van der Waals surface area contributed by atoms with Crippen molar-refractivity contribution in [1.29, 1.82) is 0 Å². The van der Waals surface area contributed by atoms with Crippen molar-refractivity contribution in [2.75, 3.05) is 0 Å². The van der Waals surface area contributed by atoms with Crippen LogP contribution >= 0.6 is 45.8 Å². The SMILES string of the molecule is CCCc1sc(=S=CCCc2sc(=S)n(C)c2-c2ccccc2)n(CC2C=CN=CC2)c1-c1ccccc1. The fraction of sp³-hybridized carbons (Fsp3) is 0.290. The summed E-state index contributed by atoms with van der Waals surface area (Å²) < 4.78 is 7.04. The van der Waals surface area contributed by atoms with Crippen molar-refractivity contribution in [3.05, 3.63) is 90.6 Å². The molecule has 0 radical (unpaired) electrons. The van der Waals surface area contributed by atoms with Gasteiger partial charge in [0.2, 0.25) is 0 Å². The highest BCUT2D eigenvalue weighted by molar-refractivity contribution is 7.91. The van der Waals surface area contributed by atoms with Gasteiger partial charge < -0.3 is 9.13 Å². The Kier molecular flexibility index (Phi) is 9.22. The largest absolute Gasteiger partial charge is 0.326 e. The monoisotopic (exact) mass is 575 g/mol. The van der Waals surface area contributed by atoms with Crippen molar-refractivity contribution >= 4 is 57.4 Å². The fourth-order valence-corrected chi connectivity index (χ4v) is 8.72.